The lowest BCUT2D eigenvalue weighted by Gasteiger charge is -2.70. The van der Waals surface area contributed by atoms with E-state index in [1.54, 1.807) is 40.4 Å². The molecule has 0 aromatic carbocycles. The Balaban J connectivity index is 13.7. The second kappa shape index (κ2) is 50.1. The van der Waals surface area contributed by atoms with Crippen LogP contribution in [-0.2, 0) is 76.0 Å². The van der Waals surface area contributed by atoms with Gasteiger partial charge in [-0.3, -0.25) is 4.79 Å². The first-order valence-electron chi connectivity index (χ1n) is 28.9. The van der Waals surface area contributed by atoms with Crippen LogP contribution in [0.4, 0.5) is 0 Å². The van der Waals surface area contributed by atoms with Gasteiger partial charge in [-0.1, -0.05) is 26.6 Å². The SMILES string of the molecule is CCC(C)(C)C(=O)OCCOCCC[Si](C)(O[Si](C)O[Si](O[Si](O[Si](O)([Si]O)[Si](C)(C)C)([Si](O[Si]O)([Si]O)[Si]O)[Si](O[Si]O)([Si]O)[Si]O)([Si](O[Si](O[Si]O)([Si]O)[Si]O)([Si](O[Si]O)([Si]O)[Si]O)[Si](O[Si]O)([Si]O)[Si]O)[Si](O[Si](O[Si]O)([Si]O)[Si]O)([Si](O[Si]O)([Si]O)[Si]O)[Si](O[Si](C)(C)O)([Si]O)[Si]O)O[Si](C)(C)C. The lowest BCUT2D eigenvalue weighted by molar-refractivity contribution is -0.155. The van der Waals surface area contributed by atoms with E-state index in [-0.39, 0.29) is 32.3 Å². The van der Waals surface area contributed by atoms with E-state index in [2.05, 4.69) is 0 Å². The Morgan fingerprint density at radius 2 is 0.710 bits per heavy atom. The average molecular weight is 2210 g/mol. The van der Waals surface area contributed by atoms with Crippen molar-refractivity contribution in [1.29, 1.82) is 0 Å². The van der Waals surface area contributed by atoms with Gasteiger partial charge < -0.3 is 196 Å². The van der Waals surface area contributed by atoms with Crippen LogP contribution >= 0.6 is 0 Å². The minimum Gasteiger partial charge on any atom is -0.463 e. The molecule has 0 aromatic heterocycles. The Morgan fingerprint density at radius 3 is 0.991 bits per heavy atom. The first kappa shape index (κ1) is 114. The van der Waals surface area contributed by atoms with Gasteiger partial charge in [0.2, 0.25) is 139 Å². The molecule has 0 aliphatic carbocycles. The molecule has 4 unspecified atom stereocenters. The van der Waals surface area contributed by atoms with Crippen LogP contribution in [0.3, 0.4) is 0 Å². The number of hydrogen-bond acceptors (Lipinski definition) is 44. The Labute approximate surface area is 692 Å². The van der Waals surface area contributed by atoms with E-state index in [1.807, 2.05) is 0 Å². The standard InChI is InChI=1S/C21H77O44Si42/c1-14-21(2,3)20(22)50-18-17-49-16-15-19-94(13,60-91(5,6)7)58-90(4)59-98(106(102(82-39,83-40)55-70-27,103(84-41,85-42)56-71-28)63-96(74-31,75-32)51-66-23,65-99(100(78-35,79-36)53-68-25,101(80-37,81-38)54-69-26)62-95(48,73-30)92(8,9)10)107(104(86-43,87-44)57-72-29,64-97(76-33,77-34)52-67-24)105(88-45,89-46)61-93(11,12)47/h23-48H,14-19H2,1-13H3. The van der Waals surface area contributed by atoms with Crippen LogP contribution in [0.2, 0.25) is 71.5 Å². The molecule has 0 aliphatic heterocycles. The molecule has 86 heteroatoms. The first-order valence-corrected chi connectivity index (χ1v) is 115. The van der Waals surface area contributed by atoms with Crippen LogP contribution in [0.5, 0.6) is 0 Å². The van der Waals surface area contributed by atoms with Crippen LogP contribution in [0.1, 0.15) is 33.6 Å². The zero-order chi connectivity index (χ0) is 83.4. The monoisotopic (exact) mass is 2210 g/mol. The smallest absolute Gasteiger partial charge is 0.420 e. The van der Waals surface area contributed by atoms with Crippen LogP contribution in [0.15, 0.2) is 0 Å². The van der Waals surface area contributed by atoms with Gasteiger partial charge in [0, 0.05) is 6.61 Å². The quantitative estimate of drug-likeness (QED) is 0.0153. The molecule has 0 saturated carbocycles. The molecule has 0 saturated heterocycles. The molecule has 0 amide bonds. The predicted octanol–water partition coefficient (Wildman–Crippen LogP) is -23.3. The molecular formula is C21H77O44Si42. The van der Waals surface area contributed by atoms with Crippen LogP contribution < -0.4 is 0 Å². The van der Waals surface area contributed by atoms with Gasteiger partial charge >= 0.3 is 140 Å². The van der Waals surface area contributed by atoms with Gasteiger partial charge in [-0.05, 0) is 78.6 Å². The second-order valence-electron chi connectivity index (χ2n) is 24.2. The van der Waals surface area contributed by atoms with Crippen LogP contribution in [0.25, 0.3) is 0 Å². The molecule has 49 radical (unpaired) electrons. The van der Waals surface area contributed by atoms with Gasteiger partial charge in [0.15, 0.2) is 8.32 Å². The van der Waals surface area contributed by atoms with Crippen molar-refractivity contribution in [2.24, 2.45) is 5.41 Å². The number of carbonyl (C=O) groups excluding carboxylic acids is 1. The van der Waals surface area contributed by atoms with Crippen molar-refractivity contribution in [1.82, 2.24) is 0 Å². The first-order chi connectivity index (χ1) is 49.7. The van der Waals surface area contributed by atoms with E-state index in [1.165, 1.54) is 26.2 Å². The van der Waals surface area contributed by atoms with Gasteiger partial charge in [0.05, 0.1) is 12.0 Å². The van der Waals surface area contributed by atoms with Gasteiger partial charge in [0.25, 0.3) is 73.9 Å². The fraction of sp³-hybridized carbons (Fsp3) is 0.952. The second-order valence-corrected chi connectivity index (χ2v) is 204. The van der Waals surface area contributed by atoms with Crippen molar-refractivity contribution in [3.8, 4) is 0 Å². The van der Waals surface area contributed by atoms with Crippen molar-refractivity contribution in [3.63, 3.8) is 0 Å². The third kappa shape index (κ3) is 25.6. The van der Waals surface area contributed by atoms with Crippen LogP contribution in [0, 0.1) is 5.41 Å². The van der Waals surface area contributed by atoms with Gasteiger partial charge in [-0.15, -0.1) is 0 Å². The number of ether oxygens (including phenoxy) is 2. The van der Waals surface area contributed by atoms with Gasteiger partial charge in [-0.25, -0.2) is 0 Å². The summed E-state index contributed by atoms with van der Waals surface area (Å²) in [5.41, 5.74) is -0.858. The van der Waals surface area contributed by atoms with Crippen LogP contribution in [-0.4, -0.2) is 514 Å². The van der Waals surface area contributed by atoms with E-state index in [0.717, 1.165) is 19.6 Å². The maximum absolute atomic E-state index is 13.8. The Kier molecular flexibility index (Phi) is 53.4. The number of esters is 1. The minimum absolute atomic E-state index is 0.0624. The van der Waals surface area contributed by atoms with Gasteiger partial charge in [0.1, 0.15) is 14.2 Å². The van der Waals surface area contributed by atoms with Crippen molar-refractivity contribution in [2.45, 2.75) is 105 Å². The molecule has 44 nitrogen and oxygen atoms in total. The summed E-state index contributed by atoms with van der Waals surface area (Å²) in [7, 11) is -110. The molecule has 26 N–H and O–H groups in total. The molecule has 0 spiro atoms. The number of hydrogen-bond donors (Lipinski definition) is 26. The summed E-state index contributed by atoms with van der Waals surface area (Å²) < 4.78 is 116. The predicted molar refractivity (Wildman–Crippen MR) is 430 cm³/mol. The normalized spacial score (nSPS) is 16.6. The Bertz CT molecular complexity index is 2440. The maximum atomic E-state index is 13.8. The highest BCUT2D eigenvalue weighted by Crippen LogP contribution is 2.54. The number of rotatable bonds is 65. The zero-order valence-electron chi connectivity index (χ0n) is 58.2. The summed E-state index contributed by atoms with van der Waals surface area (Å²) in [5.74, 6) is -0.527. The fourth-order valence-corrected chi connectivity index (χ4v) is 524. The zero-order valence-corrected chi connectivity index (χ0v) is 100. The van der Waals surface area contributed by atoms with E-state index in [9.17, 15) is 129 Å². The largest absolute Gasteiger partial charge is 0.463 e. The molecule has 0 heterocycles. The summed E-state index contributed by atoms with van der Waals surface area (Å²) >= 11 is 0. The summed E-state index contributed by atoms with van der Waals surface area (Å²) in [6.07, 6.45) is 0.369. The Morgan fingerprint density at radius 1 is 0.374 bits per heavy atom. The highest BCUT2D eigenvalue weighted by atomic mass is 30.5. The van der Waals surface area contributed by atoms with E-state index in [4.69, 9.17) is 71.2 Å². The van der Waals surface area contributed by atoms with Gasteiger partial charge in [-0.2, -0.15) is 0 Å². The van der Waals surface area contributed by atoms with E-state index < -0.39 is 374 Å². The Hall–Kier alpha value is 6.90. The molecule has 0 rings (SSSR count). The lowest BCUT2D eigenvalue weighted by atomic mass is 9.91. The fourth-order valence-electron chi connectivity index (χ4n) is 9.46. The highest BCUT2D eigenvalue weighted by Gasteiger charge is 3.01. The third-order valence-electron chi connectivity index (χ3n) is 14.4. The topological polar surface area (TPSA) is 700 Å². The minimum atomic E-state index is -8.35. The molecule has 593 valence electrons. The molecule has 0 fully saturated rings. The molecule has 0 aromatic rings. The number of carbonyl (C=O) groups is 1. The van der Waals surface area contributed by atoms with Crippen molar-refractivity contribution in [2.75, 3.05) is 19.8 Å². The van der Waals surface area contributed by atoms with E-state index in [0.29, 0.717) is 6.42 Å². The summed E-state index contributed by atoms with van der Waals surface area (Å²) in [5, 5.41) is 0. The summed E-state index contributed by atoms with van der Waals surface area (Å²) in [6.45, 7) is -37.0. The summed E-state index contributed by atoms with van der Waals surface area (Å²) in [6, 6.07) is -0.236. The average Bonchev–Trinajstić information content (AvgIpc) is 0.639. The molecule has 0 bridgehead atoms. The molecule has 107 heavy (non-hydrogen) atoms. The maximum Gasteiger partial charge on any atom is 0.420 e. The molecule has 4 atom stereocenters. The highest BCUT2D eigenvalue weighted by molar-refractivity contribution is 8.24. The molecule has 0 aliphatic rings. The van der Waals surface area contributed by atoms with Crippen molar-refractivity contribution < 1.29 is 201 Å². The third-order valence-corrected chi connectivity index (χ3v) is 324. The lowest BCUT2D eigenvalue weighted by Crippen LogP contribution is -3.14. The molecular weight excluding hydrogens is 2140 g/mol. The summed E-state index contributed by atoms with van der Waals surface area (Å²) in [4.78, 5) is 339. The van der Waals surface area contributed by atoms with Crippen molar-refractivity contribution >= 4 is 369 Å². The van der Waals surface area contributed by atoms with E-state index >= 15 is 0 Å². The van der Waals surface area contributed by atoms with Crippen molar-refractivity contribution in [3.05, 3.63) is 0 Å².